The van der Waals surface area contributed by atoms with E-state index in [9.17, 15) is 0 Å². The third-order valence-electron chi connectivity index (χ3n) is 4.41. The van der Waals surface area contributed by atoms with Gasteiger partial charge in [-0.1, -0.05) is 18.2 Å². The van der Waals surface area contributed by atoms with Crippen LogP contribution in [-0.2, 0) is 10.2 Å². The van der Waals surface area contributed by atoms with Crippen LogP contribution in [0.15, 0.2) is 30.5 Å². The number of fused-ring (bicyclic) bond motifs is 1. The first-order valence-electron chi connectivity index (χ1n) is 6.25. The lowest BCUT2D eigenvalue weighted by Crippen LogP contribution is -2.62. The maximum Gasteiger partial charge on any atom is 0.0590 e. The van der Waals surface area contributed by atoms with Crippen molar-refractivity contribution in [2.75, 3.05) is 26.3 Å². The van der Waals surface area contributed by atoms with Crippen molar-refractivity contribution < 1.29 is 4.74 Å². The van der Waals surface area contributed by atoms with Crippen LogP contribution in [0.5, 0.6) is 0 Å². The van der Waals surface area contributed by atoms with E-state index in [1.807, 2.05) is 0 Å². The van der Waals surface area contributed by atoms with Crippen molar-refractivity contribution in [3.8, 4) is 0 Å². The molecular weight excluding hydrogens is 212 g/mol. The van der Waals surface area contributed by atoms with Gasteiger partial charge in [-0.3, -0.25) is 0 Å². The minimum Gasteiger partial charge on any atom is -0.379 e. The number of nitrogens with one attached hydrogen (secondary N) is 2. The molecule has 0 amide bonds. The Morgan fingerprint density at radius 3 is 2.65 bits per heavy atom. The Hall–Kier alpha value is -1.32. The SMILES string of the molecule is c1ccc2c(C3(C4CNC4)COC3)c[nH]c2c1. The van der Waals surface area contributed by atoms with Gasteiger partial charge in [0.2, 0.25) is 0 Å². The van der Waals surface area contributed by atoms with Gasteiger partial charge in [-0.25, -0.2) is 0 Å². The average molecular weight is 228 g/mol. The number of benzene rings is 1. The Bertz CT molecular complexity index is 552. The molecule has 2 aliphatic heterocycles. The predicted molar refractivity (Wildman–Crippen MR) is 67.2 cm³/mol. The van der Waals surface area contributed by atoms with Gasteiger partial charge >= 0.3 is 0 Å². The second-order valence-electron chi connectivity index (χ2n) is 5.25. The summed E-state index contributed by atoms with van der Waals surface area (Å²) in [7, 11) is 0. The molecule has 3 nitrogen and oxygen atoms in total. The molecule has 1 aromatic heterocycles. The van der Waals surface area contributed by atoms with E-state index in [0.717, 1.165) is 32.2 Å². The number of hydrogen-bond donors (Lipinski definition) is 2. The molecule has 2 saturated heterocycles. The van der Waals surface area contributed by atoms with Gasteiger partial charge in [0.05, 0.1) is 13.2 Å². The van der Waals surface area contributed by atoms with Gasteiger partial charge in [-0.2, -0.15) is 0 Å². The summed E-state index contributed by atoms with van der Waals surface area (Å²) in [5, 5.41) is 4.74. The molecule has 2 aliphatic rings. The topological polar surface area (TPSA) is 37.0 Å². The van der Waals surface area contributed by atoms with Crippen LogP contribution in [0.1, 0.15) is 5.56 Å². The van der Waals surface area contributed by atoms with Crippen LogP contribution >= 0.6 is 0 Å². The van der Waals surface area contributed by atoms with Gasteiger partial charge in [0.15, 0.2) is 0 Å². The highest BCUT2D eigenvalue weighted by Gasteiger charge is 2.50. The van der Waals surface area contributed by atoms with Gasteiger partial charge in [0.1, 0.15) is 0 Å². The van der Waals surface area contributed by atoms with Gasteiger partial charge < -0.3 is 15.0 Å². The van der Waals surface area contributed by atoms with E-state index in [1.54, 1.807) is 0 Å². The van der Waals surface area contributed by atoms with E-state index in [2.05, 4.69) is 40.8 Å². The number of H-pyrrole nitrogens is 1. The third kappa shape index (κ3) is 1.18. The smallest absolute Gasteiger partial charge is 0.0590 e. The molecule has 1 aromatic carbocycles. The Kier molecular flexibility index (Phi) is 1.90. The monoisotopic (exact) mass is 228 g/mol. The van der Waals surface area contributed by atoms with Crippen LogP contribution in [0.25, 0.3) is 10.9 Å². The summed E-state index contributed by atoms with van der Waals surface area (Å²) in [6.45, 7) is 4.01. The lowest BCUT2D eigenvalue weighted by atomic mass is 9.66. The van der Waals surface area contributed by atoms with Crippen molar-refractivity contribution >= 4 is 10.9 Å². The highest BCUT2D eigenvalue weighted by atomic mass is 16.5. The molecule has 2 N–H and O–H groups in total. The summed E-state index contributed by atoms with van der Waals surface area (Å²) in [6.07, 6.45) is 2.19. The summed E-state index contributed by atoms with van der Waals surface area (Å²) in [6, 6.07) is 8.56. The Morgan fingerprint density at radius 2 is 2.00 bits per heavy atom. The van der Waals surface area contributed by atoms with E-state index in [1.165, 1.54) is 16.5 Å². The van der Waals surface area contributed by atoms with Crippen LogP contribution in [0.3, 0.4) is 0 Å². The predicted octanol–water partition coefficient (Wildman–Crippen LogP) is 1.66. The van der Waals surface area contributed by atoms with Crippen molar-refractivity contribution in [2.45, 2.75) is 5.41 Å². The number of aromatic amines is 1. The first kappa shape index (κ1) is 9.68. The van der Waals surface area contributed by atoms with Crippen LogP contribution in [0.4, 0.5) is 0 Å². The molecule has 0 saturated carbocycles. The fraction of sp³-hybridized carbons (Fsp3) is 0.429. The molecule has 0 unspecified atom stereocenters. The van der Waals surface area contributed by atoms with E-state index in [4.69, 9.17) is 4.74 Å². The second kappa shape index (κ2) is 3.34. The number of rotatable bonds is 2. The molecule has 2 fully saturated rings. The molecule has 88 valence electrons. The van der Waals surface area contributed by atoms with Crippen molar-refractivity contribution in [1.82, 2.24) is 10.3 Å². The van der Waals surface area contributed by atoms with Crippen LogP contribution in [0.2, 0.25) is 0 Å². The molecule has 0 atom stereocenters. The van der Waals surface area contributed by atoms with Crippen LogP contribution < -0.4 is 5.32 Å². The maximum absolute atomic E-state index is 5.53. The lowest BCUT2D eigenvalue weighted by molar-refractivity contribution is -0.100. The van der Waals surface area contributed by atoms with Gasteiger partial charge in [0.25, 0.3) is 0 Å². The zero-order valence-electron chi connectivity index (χ0n) is 9.70. The fourth-order valence-electron chi connectivity index (χ4n) is 3.10. The minimum atomic E-state index is 0.255. The highest BCUT2D eigenvalue weighted by Crippen LogP contribution is 2.43. The Balaban J connectivity index is 1.86. The second-order valence-corrected chi connectivity index (χ2v) is 5.25. The molecule has 0 spiro atoms. The van der Waals surface area contributed by atoms with Crippen molar-refractivity contribution in [3.05, 3.63) is 36.0 Å². The third-order valence-corrected chi connectivity index (χ3v) is 4.41. The first-order chi connectivity index (χ1) is 8.40. The number of hydrogen-bond acceptors (Lipinski definition) is 2. The molecule has 17 heavy (non-hydrogen) atoms. The number of aromatic nitrogens is 1. The minimum absolute atomic E-state index is 0.255. The van der Waals surface area contributed by atoms with E-state index < -0.39 is 0 Å². The van der Waals surface area contributed by atoms with Gasteiger partial charge in [0, 0.05) is 35.6 Å². The lowest BCUT2D eigenvalue weighted by Gasteiger charge is -2.51. The number of para-hydroxylation sites is 1. The largest absolute Gasteiger partial charge is 0.379 e. The standard InChI is InChI=1S/C14H16N2O/c1-2-4-13-11(3-1)12(7-16-13)14(8-17-9-14)10-5-15-6-10/h1-4,7,10,15-16H,5-6,8-9H2. The molecular formula is C14H16N2O. The summed E-state index contributed by atoms with van der Waals surface area (Å²) >= 11 is 0. The Morgan fingerprint density at radius 1 is 1.18 bits per heavy atom. The quantitative estimate of drug-likeness (QED) is 0.820. The summed E-state index contributed by atoms with van der Waals surface area (Å²) in [5.74, 6) is 0.732. The van der Waals surface area contributed by atoms with E-state index >= 15 is 0 Å². The molecule has 3 heterocycles. The Labute approximate surface area is 100 Å². The molecule has 3 heteroatoms. The molecule has 4 rings (SSSR count). The van der Waals surface area contributed by atoms with Gasteiger partial charge in [-0.05, 0) is 17.5 Å². The maximum atomic E-state index is 5.53. The van der Waals surface area contributed by atoms with Crippen LogP contribution in [0, 0.1) is 5.92 Å². The van der Waals surface area contributed by atoms with Crippen LogP contribution in [-0.4, -0.2) is 31.3 Å². The van der Waals surface area contributed by atoms with E-state index in [-0.39, 0.29) is 5.41 Å². The zero-order chi connectivity index (χ0) is 11.3. The molecule has 0 radical (unpaired) electrons. The van der Waals surface area contributed by atoms with E-state index in [0.29, 0.717) is 0 Å². The zero-order valence-corrected chi connectivity index (χ0v) is 9.70. The fourth-order valence-corrected chi connectivity index (χ4v) is 3.10. The highest BCUT2D eigenvalue weighted by molar-refractivity contribution is 5.84. The van der Waals surface area contributed by atoms with Crippen molar-refractivity contribution in [3.63, 3.8) is 0 Å². The van der Waals surface area contributed by atoms with Crippen molar-refractivity contribution in [1.29, 1.82) is 0 Å². The molecule has 0 bridgehead atoms. The van der Waals surface area contributed by atoms with Crippen molar-refractivity contribution in [2.24, 2.45) is 5.92 Å². The normalized spacial score (nSPS) is 23.3. The molecule has 0 aliphatic carbocycles. The first-order valence-corrected chi connectivity index (χ1v) is 6.25. The molecule has 2 aromatic rings. The average Bonchev–Trinajstić information content (AvgIpc) is 2.64. The summed E-state index contributed by atoms with van der Waals surface area (Å²) < 4.78 is 5.53. The summed E-state index contributed by atoms with van der Waals surface area (Å²) in [5.41, 5.74) is 2.94. The van der Waals surface area contributed by atoms with Gasteiger partial charge in [-0.15, -0.1) is 0 Å². The number of ether oxygens (including phenoxy) is 1. The summed E-state index contributed by atoms with van der Waals surface area (Å²) in [4.78, 5) is 3.39.